The summed E-state index contributed by atoms with van der Waals surface area (Å²) in [4.78, 5) is 14.8. The van der Waals surface area contributed by atoms with E-state index in [1.807, 2.05) is 36.4 Å². The van der Waals surface area contributed by atoms with Gasteiger partial charge in [0.1, 0.15) is 5.82 Å². The van der Waals surface area contributed by atoms with Gasteiger partial charge < -0.3 is 4.57 Å². The van der Waals surface area contributed by atoms with Crippen LogP contribution in [0.4, 0.5) is 4.39 Å². The number of aromatic nitrogens is 1. The molecule has 0 atom stereocenters. The maximum Gasteiger partial charge on any atom is 0.243 e. The van der Waals surface area contributed by atoms with E-state index in [-0.39, 0.29) is 17.2 Å². The summed E-state index contributed by atoms with van der Waals surface area (Å²) in [6.45, 7) is 7.33. The third-order valence-electron chi connectivity index (χ3n) is 5.53. The van der Waals surface area contributed by atoms with Crippen LogP contribution in [-0.2, 0) is 17.1 Å². The van der Waals surface area contributed by atoms with Gasteiger partial charge in [-0.2, -0.15) is 4.31 Å². The highest BCUT2D eigenvalue weighted by atomic mass is 32.2. The summed E-state index contributed by atoms with van der Waals surface area (Å²) in [5.41, 5.74) is 3.09. The molecule has 6 nitrogen and oxygen atoms in total. The molecule has 2 aromatic rings. The molecule has 0 amide bonds. The summed E-state index contributed by atoms with van der Waals surface area (Å²) >= 11 is 0. The van der Waals surface area contributed by atoms with E-state index in [1.54, 1.807) is 6.92 Å². The maximum absolute atomic E-state index is 13.3. The Labute approximate surface area is 165 Å². The number of piperazine rings is 1. The van der Waals surface area contributed by atoms with Crippen molar-refractivity contribution in [1.82, 2.24) is 13.8 Å². The van der Waals surface area contributed by atoms with Gasteiger partial charge in [0, 0.05) is 50.2 Å². The number of carbonyl (C=O) groups excluding carboxylic acids is 1. The first-order valence-electron chi connectivity index (χ1n) is 9.26. The third kappa shape index (κ3) is 3.90. The first-order chi connectivity index (χ1) is 13.1. The second kappa shape index (κ2) is 7.77. The fraction of sp³-hybridized carbons (Fsp3) is 0.450. The third-order valence-corrected chi connectivity index (χ3v) is 7.59. The van der Waals surface area contributed by atoms with Gasteiger partial charge in [-0.25, -0.2) is 12.8 Å². The zero-order valence-corrected chi connectivity index (χ0v) is 17.5. The van der Waals surface area contributed by atoms with Crippen LogP contribution in [-0.4, -0.2) is 60.7 Å². The van der Waals surface area contributed by atoms with Crippen LogP contribution in [0.25, 0.3) is 0 Å². The van der Waals surface area contributed by atoms with Gasteiger partial charge in [0.15, 0.2) is 5.78 Å². The number of aryl methyl sites for hydroxylation is 2. The standard InChI is InChI=1S/C20H26FN3O3S/c1-14-11-17(21)5-6-20(14)28(26,27)24-9-7-23(8-10-24)13-19(25)18-12-15(2)22(4)16(18)3/h5-6,11-12H,7-10,13H2,1-4H3. The topological polar surface area (TPSA) is 62.6 Å². The Morgan fingerprint density at radius 2 is 1.71 bits per heavy atom. The molecular weight excluding hydrogens is 381 g/mol. The Morgan fingerprint density at radius 3 is 2.25 bits per heavy atom. The van der Waals surface area contributed by atoms with Gasteiger partial charge in [-0.15, -0.1) is 0 Å². The Bertz CT molecular complexity index is 1010. The van der Waals surface area contributed by atoms with Crippen LogP contribution in [0.15, 0.2) is 29.2 Å². The van der Waals surface area contributed by atoms with Crippen molar-refractivity contribution in [2.45, 2.75) is 25.7 Å². The quantitative estimate of drug-likeness (QED) is 0.714. The van der Waals surface area contributed by atoms with E-state index in [2.05, 4.69) is 0 Å². The molecule has 1 saturated heterocycles. The number of nitrogens with zero attached hydrogens (tertiary/aromatic N) is 3. The van der Waals surface area contributed by atoms with Crippen LogP contribution in [0.5, 0.6) is 0 Å². The first-order valence-corrected chi connectivity index (χ1v) is 10.7. The molecule has 1 aliphatic rings. The summed E-state index contributed by atoms with van der Waals surface area (Å²) in [6.07, 6.45) is 0. The number of hydrogen-bond acceptors (Lipinski definition) is 4. The van der Waals surface area contributed by atoms with Crippen LogP contribution in [0.2, 0.25) is 0 Å². The average Bonchev–Trinajstić information content (AvgIpc) is 2.89. The van der Waals surface area contributed by atoms with Crippen LogP contribution in [0.3, 0.4) is 0 Å². The monoisotopic (exact) mass is 407 g/mol. The van der Waals surface area contributed by atoms with Crippen LogP contribution in [0.1, 0.15) is 27.3 Å². The molecule has 0 radical (unpaired) electrons. The molecule has 0 unspecified atom stereocenters. The van der Waals surface area contributed by atoms with Crippen molar-refractivity contribution in [2.75, 3.05) is 32.7 Å². The summed E-state index contributed by atoms with van der Waals surface area (Å²) in [6, 6.07) is 5.61. The molecule has 8 heteroatoms. The first kappa shape index (κ1) is 20.7. The zero-order chi connectivity index (χ0) is 20.6. The van der Waals surface area contributed by atoms with E-state index in [4.69, 9.17) is 0 Å². The van der Waals surface area contributed by atoms with E-state index in [9.17, 15) is 17.6 Å². The van der Waals surface area contributed by atoms with Crippen LogP contribution >= 0.6 is 0 Å². The molecular formula is C20H26FN3O3S. The molecule has 0 bridgehead atoms. The van der Waals surface area contributed by atoms with Crippen molar-refractivity contribution in [3.8, 4) is 0 Å². The Kier molecular flexibility index (Phi) is 5.74. The van der Waals surface area contributed by atoms with E-state index in [0.29, 0.717) is 31.7 Å². The number of hydrogen-bond donors (Lipinski definition) is 0. The van der Waals surface area contributed by atoms with Gasteiger partial charge in [-0.05, 0) is 50.6 Å². The number of Topliss-reactive ketones (excluding diaryl/α,β-unsaturated/α-hetero) is 1. The largest absolute Gasteiger partial charge is 0.351 e. The zero-order valence-electron chi connectivity index (χ0n) is 16.7. The molecule has 0 saturated carbocycles. The molecule has 152 valence electrons. The predicted octanol–water partition coefficient (Wildman–Crippen LogP) is 2.28. The van der Waals surface area contributed by atoms with Crippen molar-refractivity contribution < 1.29 is 17.6 Å². The van der Waals surface area contributed by atoms with Crippen molar-refractivity contribution in [3.63, 3.8) is 0 Å². The highest BCUT2D eigenvalue weighted by Gasteiger charge is 2.30. The smallest absolute Gasteiger partial charge is 0.243 e. The van der Waals surface area contributed by atoms with Crippen molar-refractivity contribution in [3.05, 3.63) is 52.6 Å². The Hall–Kier alpha value is -2.03. The number of sulfonamides is 1. The maximum atomic E-state index is 13.3. The van der Waals surface area contributed by atoms with Crippen molar-refractivity contribution in [2.24, 2.45) is 7.05 Å². The van der Waals surface area contributed by atoms with E-state index >= 15 is 0 Å². The minimum atomic E-state index is -3.67. The lowest BCUT2D eigenvalue weighted by Crippen LogP contribution is -2.49. The predicted molar refractivity (Wildman–Crippen MR) is 106 cm³/mol. The fourth-order valence-corrected chi connectivity index (χ4v) is 5.22. The second-order valence-corrected chi connectivity index (χ2v) is 9.26. The van der Waals surface area contributed by atoms with Crippen LogP contribution in [0, 0.1) is 26.6 Å². The minimum absolute atomic E-state index is 0.0480. The number of carbonyl (C=O) groups is 1. The summed E-state index contributed by atoms with van der Waals surface area (Å²) in [7, 11) is -1.74. The van der Waals surface area contributed by atoms with Gasteiger partial charge in [-0.3, -0.25) is 9.69 Å². The highest BCUT2D eigenvalue weighted by Crippen LogP contribution is 2.22. The van der Waals surface area contributed by atoms with Gasteiger partial charge in [0.2, 0.25) is 10.0 Å². The molecule has 0 spiro atoms. The molecule has 0 N–H and O–H groups in total. The molecule has 3 rings (SSSR count). The van der Waals surface area contributed by atoms with E-state index in [1.165, 1.54) is 22.5 Å². The number of halogens is 1. The average molecular weight is 408 g/mol. The Balaban J connectivity index is 1.65. The molecule has 2 heterocycles. The minimum Gasteiger partial charge on any atom is -0.351 e. The Morgan fingerprint density at radius 1 is 1.07 bits per heavy atom. The molecule has 1 aromatic heterocycles. The van der Waals surface area contributed by atoms with Gasteiger partial charge >= 0.3 is 0 Å². The lowest BCUT2D eigenvalue weighted by Gasteiger charge is -2.33. The number of rotatable bonds is 5. The lowest BCUT2D eigenvalue weighted by atomic mass is 10.1. The van der Waals surface area contributed by atoms with Gasteiger partial charge in [0.25, 0.3) is 0 Å². The van der Waals surface area contributed by atoms with Crippen molar-refractivity contribution in [1.29, 1.82) is 0 Å². The molecule has 1 fully saturated rings. The second-order valence-electron chi connectivity index (χ2n) is 7.36. The number of ketones is 1. The lowest BCUT2D eigenvalue weighted by molar-refractivity contribution is 0.0901. The van der Waals surface area contributed by atoms with Crippen molar-refractivity contribution >= 4 is 15.8 Å². The van der Waals surface area contributed by atoms with Gasteiger partial charge in [0.05, 0.1) is 11.4 Å². The molecule has 28 heavy (non-hydrogen) atoms. The molecule has 1 aromatic carbocycles. The SMILES string of the molecule is Cc1cc(F)ccc1S(=O)(=O)N1CCN(CC(=O)c2cc(C)n(C)c2C)CC1. The normalized spacial score (nSPS) is 16.5. The highest BCUT2D eigenvalue weighted by molar-refractivity contribution is 7.89. The van der Waals surface area contributed by atoms with Crippen LogP contribution < -0.4 is 0 Å². The summed E-state index contributed by atoms with van der Waals surface area (Å²) < 4.78 is 42.4. The molecule has 0 aliphatic carbocycles. The van der Waals surface area contributed by atoms with E-state index < -0.39 is 15.8 Å². The summed E-state index contributed by atoms with van der Waals surface area (Å²) in [5.74, 6) is -0.405. The fourth-order valence-electron chi connectivity index (χ4n) is 3.60. The summed E-state index contributed by atoms with van der Waals surface area (Å²) in [5, 5.41) is 0. The molecule has 1 aliphatic heterocycles. The van der Waals surface area contributed by atoms with Gasteiger partial charge in [-0.1, -0.05) is 0 Å². The van der Waals surface area contributed by atoms with E-state index in [0.717, 1.165) is 17.0 Å². The number of benzene rings is 1.